The molecule has 0 amide bonds. The zero-order chi connectivity index (χ0) is 25.8. The highest BCUT2D eigenvalue weighted by Crippen LogP contribution is 2.18. The molecule has 2 aromatic rings. The lowest BCUT2D eigenvalue weighted by Crippen LogP contribution is -2.50. The topological polar surface area (TPSA) is 120 Å². The Hall–Kier alpha value is -3.17. The van der Waals surface area contributed by atoms with E-state index in [2.05, 4.69) is 10.1 Å². The van der Waals surface area contributed by atoms with E-state index in [1.807, 2.05) is 38.1 Å². The smallest absolute Gasteiger partial charge is 0.326 e. The number of nitrogens with two attached hydrogens (primary N) is 1. The Morgan fingerprint density at radius 2 is 1.44 bits per heavy atom. The summed E-state index contributed by atoms with van der Waals surface area (Å²) in [7, 11) is 3.15. The van der Waals surface area contributed by atoms with Crippen molar-refractivity contribution < 1.29 is 33.3 Å². The highest BCUT2D eigenvalue weighted by Gasteiger charge is 2.32. The van der Waals surface area contributed by atoms with Gasteiger partial charge in [-0.15, -0.1) is 0 Å². The molecule has 0 aliphatic rings. The first-order valence-corrected chi connectivity index (χ1v) is 10.8. The number of carboxylic acids is 1. The van der Waals surface area contributed by atoms with Crippen LogP contribution in [0.15, 0.2) is 48.5 Å². The number of halogens is 1. The van der Waals surface area contributed by atoms with Gasteiger partial charge >= 0.3 is 11.9 Å². The molecule has 0 spiro atoms. The lowest BCUT2D eigenvalue weighted by Gasteiger charge is -2.26. The van der Waals surface area contributed by atoms with Gasteiger partial charge in [-0.05, 0) is 63.2 Å². The molecule has 8 nitrogen and oxygen atoms in total. The first-order valence-electron chi connectivity index (χ1n) is 10.8. The Labute approximate surface area is 200 Å². The number of likely N-dealkylation sites (N-methyl/N-ethyl adjacent to an activating group) is 1. The second-order valence-electron chi connectivity index (χ2n) is 8.12. The zero-order valence-electron chi connectivity index (χ0n) is 20.4. The van der Waals surface area contributed by atoms with E-state index in [0.717, 1.165) is 16.9 Å². The number of aliphatic carboxylic acids is 1. The van der Waals surface area contributed by atoms with Crippen molar-refractivity contribution in [3.63, 3.8) is 0 Å². The molecule has 188 valence electrons. The summed E-state index contributed by atoms with van der Waals surface area (Å²) in [6.45, 7) is 4.98. The lowest BCUT2D eigenvalue weighted by atomic mass is 9.93. The van der Waals surface area contributed by atoms with E-state index in [-0.39, 0.29) is 12.4 Å². The Morgan fingerprint density at radius 1 is 0.971 bits per heavy atom. The predicted molar refractivity (Wildman–Crippen MR) is 128 cm³/mol. The average molecular weight is 479 g/mol. The van der Waals surface area contributed by atoms with E-state index in [9.17, 15) is 14.0 Å². The van der Waals surface area contributed by atoms with Crippen LogP contribution >= 0.6 is 0 Å². The summed E-state index contributed by atoms with van der Waals surface area (Å²) in [5.74, 6) is -0.0822. The monoisotopic (exact) mass is 478 g/mol. The number of carbonyl (C=O) groups is 2. The van der Waals surface area contributed by atoms with Crippen molar-refractivity contribution in [2.45, 2.75) is 44.7 Å². The molecule has 2 rings (SSSR count). The Balaban J connectivity index is 0.000000342. The molecule has 34 heavy (non-hydrogen) atoms. The molecule has 2 unspecified atom stereocenters. The second kappa shape index (κ2) is 13.5. The first kappa shape index (κ1) is 28.9. The van der Waals surface area contributed by atoms with Crippen LogP contribution in [-0.4, -0.2) is 55.7 Å². The van der Waals surface area contributed by atoms with E-state index >= 15 is 0 Å². The molecule has 0 radical (unpaired) electrons. The van der Waals surface area contributed by atoms with Crippen molar-refractivity contribution in [2.24, 2.45) is 5.73 Å². The molecule has 2 aromatic carbocycles. The molecule has 4 N–H and O–H groups in total. The van der Waals surface area contributed by atoms with Crippen LogP contribution in [0.2, 0.25) is 0 Å². The number of esters is 1. The number of rotatable bonds is 11. The number of benzene rings is 2. The molecule has 0 aliphatic carbocycles. The van der Waals surface area contributed by atoms with Gasteiger partial charge in [-0.25, -0.2) is 4.39 Å². The fourth-order valence-electron chi connectivity index (χ4n) is 3.03. The van der Waals surface area contributed by atoms with Gasteiger partial charge in [0.1, 0.15) is 22.6 Å². The predicted octanol–water partition coefficient (Wildman–Crippen LogP) is 3.12. The molecule has 0 fully saturated rings. The largest absolute Gasteiger partial charge is 0.494 e. The highest BCUT2D eigenvalue weighted by atomic mass is 19.1. The van der Waals surface area contributed by atoms with E-state index in [1.165, 1.54) is 14.0 Å². The number of hydrogen-bond donors (Lipinski definition) is 3. The fourth-order valence-corrected chi connectivity index (χ4v) is 3.03. The van der Waals surface area contributed by atoms with Crippen LogP contribution in [0, 0.1) is 0 Å². The first-order chi connectivity index (χ1) is 16.0. The molecule has 0 aliphatic heterocycles. The Kier molecular flexibility index (Phi) is 11.5. The van der Waals surface area contributed by atoms with Crippen molar-refractivity contribution in [3.05, 3.63) is 59.7 Å². The molecule has 2 atom stereocenters. The van der Waals surface area contributed by atoms with Gasteiger partial charge in [0.15, 0.2) is 0 Å². The summed E-state index contributed by atoms with van der Waals surface area (Å²) in [5, 5.41) is 11.9. The van der Waals surface area contributed by atoms with E-state index in [4.69, 9.17) is 20.3 Å². The third kappa shape index (κ3) is 8.99. The van der Waals surface area contributed by atoms with E-state index < -0.39 is 23.9 Å². The highest BCUT2D eigenvalue weighted by molar-refractivity contribution is 5.80. The lowest BCUT2D eigenvalue weighted by molar-refractivity contribution is -0.147. The van der Waals surface area contributed by atoms with Crippen molar-refractivity contribution >= 4 is 11.9 Å². The third-order valence-electron chi connectivity index (χ3n) is 5.18. The zero-order valence-corrected chi connectivity index (χ0v) is 20.4. The van der Waals surface area contributed by atoms with Crippen LogP contribution in [0.3, 0.4) is 0 Å². The maximum atomic E-state index is 11.8. The van der Waals surface area contributed by atoms with Gasteiger partial charge < -0.3 is 30.4 Å². The van der Waals surface area contributed by atoms with Crippen molar-refractivity contribution in [2.75, 3.05) is 27.6 Å². The Morgan fingerprint density at radius 3 is 1.82 bits per heavy atom. The molecular weight excluding hydrogens is 443 g/mol. The minimum absolute atomic E-state index is 0.207. The molecule has 0 saturated heterocycles. The summed E-state index contributed by atoms with van der Waals surface area (Å²) in [6, 6.07) is 14.2. The molecule has 0 saturated carbocycles. The minimum Gasteiger partial charge on any atom is -0.494 e. The van der Waals surface area contributed by atoms with Gasteiger partial charge in [0.2, 0.25) is 6.86 Å². The SMILES string of the molecule is CC(N)(Cc1ccc(OCF)cc1)C(=O)O.CCOc1ccc(CC(C)(NC)C(=O)OC)cc1. The van der Waals surface area contributed by atoms with Crippen LogP contribution in [0.25, 0.3) is 0 Å². The summed E-state index contributed by atoms with van der Waals surface area (Å²) >= 11 is 0. The summed E-state index contributed by atoms with van der Waals surface area (Å²) in [5.41, 5.74) is 5.41. The molecular formula is C25H35FN2O6. The van der Waals surface area contributed by atoms with Crippen LogP contribution in [0.4, 0.5) is 4.39 Å². The third-order valence-corrected chi connectivity index (χ3v) is 5.18. The summed E-state index contributed by atoms with van der Waals surface area (Å²) < 4.78 is 26.7. The summed E-state index contributed by atoms with van der Waals surface area (Å²) in [4.78, 5) is 22.5. The van der Waals surface area contributed by atoms with Crippen LogP contribution in [0.5, 0.6) is 11.5 Å². The van der Waals surface area contributed by atoms with Crippen LogP contribution in [0.1, 0.15) is 31.9 Å². The number of alkyl halides is 1. The molecule has 0 bridgehead atoms. The maximum Gasteiger partial charge on any atom is 0.326 e. The van der Waals surface area contributed by atoms with Gasteiger partial charge in [-0.3, -0.25) is 9.59 Å². The normalized spacial score (nSPS) is 14.0. The number of carbonyl (C=O) groups excluding carboxylic acids is 1. The van der Waals surface area contributed by atoms with Crippen molar-refractivity contribution in [1.29, 1.82) is 0 Å². The number of carboxylic acid groups (broad SMARTS) is 1. The van der Waals surface area contributed by atoms with E-state index in [0.29, 0.717) is 18.8 Å². The Bertz CT molecular complexity index is 903. The maximum absolute atomic E-state index is 11.8. The summed E-state index contributed by atoms with van der Waals surface area (Å²) in [6.07, 6.45) is 0.779. The van der Waals surface area contributed by atoms with Crippen molar-refractivity contribution in [1.82, 2.24) is 5.32 Å². The van der Waals surface area contributed by atoms with Gasteiger partial charge in [0, 0.05) is 12.8 Å². The van der Waals surface area contributed by atoms with E-state index in [1.54, 1.807) is 31.3 Å². The standard InChI is InChI=1S/C14H21NO3.C11H14FNO3/c1-5-18-12-8-6-11(7-9-12)10-14(2,15-3)13(16)17-4;1-11(13,10(14)15)6-8-2-4-9(5-3-8)16-7-12/h6-9,15H,5,10H2,1-4H3;2-5H,6-7,13H2,1H3,(H,14,15). The van der Waals surface area contributed by atoms with Gasteiger partial charge in [0.25, 0.3) is 0 Å². The van der Waals surface area contributed by atoms with Gasteiger partial charge in [-0.2, -0.15) is 0 Å². The van der Waals surface area contributed by atoms with Crippen molar-refractivity contribution in [3.8, 4) is 11.5 Å². The number of nitrogens with one attached hydrogen (secondary N) is 1. The number of ether oxygens (including phenoxy) is 3. The molecule has 0 aromatic heterocycles. The quantitative estimate of drug-likeness (QED) is 0.422. The molecule has 0 heterocycles. The van der Waals surface area contributed by atoms with Gasteiger partial charge in [0.05, 0.1) is 13.7 Å². The minimum atomic E-state index is -1.30. The van der Waals surface area contributed by atoms with Crippen LogP contribution in [-0.2, 0) is 27.2 Å². The average Bonchev–Trinajstić information content (AvgIpc) is 2.81. The number of methoxy groups -OCH3 is 1. The second-order valence-corrected chi connectivity index (χ2v) is 8.12. The fraction of sp³-hybridized carbons (Fsp3) is 0.440. The molecule has 9 heteroatoms. The van der Waals surface area contributed by atoms with Crippen LogP contribution < -0.4 is 20.5 Å². The van der Waals surface area contributed by atoms with Gasteiger partial charge in [-0.1, -0.05) is 24.3 Å². The number of hydrogen-bond acceptors (Lipinski definition) is 7.